The van der Waals surface area contributed by atoms with E-state index in [1.165, 1.54) is 30.2 Å². The first kappa shape index (κ1) is 27.7. The molecule has 3 atom stereocenters. The van der Waals surface area contributed by atoms with E-state index in [2.05, 4.69) is 15.6 Å². The molecule has 14 nitrogen and oxygen atoms in total. The molecule has 15 heteroatoms. The number of urea groups is 1. The summed E-state index contributed by atoms with van der Waals surface area (Å²) in [5.74, 6) is -3.47. The van der Waals surface area contributed by atoms with E-state index in [1.807, 2.05) is 0 Å². The summed E-state index contributed by atoms with van der Waals surface area (Å²) in [6.07, 6.45) is -1.68. The second-order valence-electron chi connectivity index (χ2n) is 8.90. The number of hydrogen-bond acceptors (Lipinski definition) is 9. The highest BCUT2D eigenvalue weighted by molar-refractivity contribution is 6.47. The molecular weight excluding hydrogens is 513 g/mol. The van der Waals surface area contributed by atoms with Crippen molar-refractivity contribution in [2.75, 3.05) is 26.7 Å². The number of carbonyl (C=O) groups excluding carboxylic acids is 3. The number of aliphatic hydroxyl groups is 1. The molecule has 1 aromatic carbocycles. The van der Waals surface area contributed by atoms with Gasteiger partial charge in [-0.05, 0) is 31.0 Å². The molecule has 39 heavy (non-hydrogen) atoms. The van der Waals surface area contributed by atoms with Gasteiger partial charge in [0.15, 0.2) is 6.04 Å². The molecule has 0 saturated carbocycles. The maximum absolute atomic E-state index is 13.5. The Balaban J connectivity index is 1.56. The highest BCUT2D eigenvalue weighted by atomic mass is 16.5. The van der Waals surface area contributed by atoms with Crippen molar-refractivity contribution in [1.29, 1.82) is 0 Å². The van der Waals surface area contributed by atoms with Gasteiger partial charge < -0.3 is 40.2 Å². The molecule has 2 aliphatic heterocycles. The molecule has 0 radical (unpaired) electrons. The fourth-order valence-electron chi connectivity index (χ4n) is 4.45. The summed E-state index contributed by atoms with van der Waals surface area (Å²) in [6.45, 7) is 2.36. The standard InChI is InChI=1S/C24H28BN5O9/c1-3-29-10-11-30(22(33)21(29)32)24(36)28-18(15-8-5-9-17(26-15)38-2)20(31)27-16-12-13-6-4-7-14(23(34)35)19(13)39-25(16)37/h4-9,16,18,22,33,37H,3,10-12H2,1-2H3,(H,27,31)(H,28,36)(H,34,35)/t16-,18?,22?/m0/s1. The number of benzene rings is 1. The molecule has 5 N–H and O–H groups in total. The first-order valence-electron chi connectivity index (χ1n) is 12.2. The summed E-state index contributed by atoms with van der Waals surface area (Å²) in [5.41, 5.74) is 0.423. The van der Waals surface area contributed by atoms with Gasteiger partial charge >= 0.3 is 19.1 Å². The molecule has 4 rings (SSSR count). The third-order valence-electron chi connectivity index (χ3n) is 6.54. The summed E-state index contributed by atoms with van der Waals surface area (Å²) in [5, 5.41) is 35.5. The quantitative estimate of drug-likeness (QED) is 0.276. The molecule has 2 unspecified atom stereocenters. The number of piperazine rings is 1. The second-order valence-corrected chi connectivity index (χ2v) is 8.90. The third kappa shape index (κ3) is 5.73. The van der Waals surface area contributed by atoms with Crippen LogP contribution in [0.2, 0.25) is 0 Å². The molecule has 4 amide bonds. The summed E-state index contributed by atoms with van der Waals surface area (Å²) >= 11 is 0. The van der Waals surface area contributed by atoms with E-state index < -0.39 is 49.1 Å². The number of aromatic carboxylic acids is 1. The van der Waals surface area contributed by atoms with Crippen LogP contribution in [0.15, 0.2) is 36.4 Å². The predicted octanol–water partition coefficient (Wildman–Crippen LogP) is -0.839. The zero-order chi connectivity index (χ0) is 28.3. The summed E-state index contributed by atoms with van der Waals surface area (Å²) in [7, 11) is -0.203. The van der Waals surface area contributed by atoms with E-state index >= 15 is 0 Å². The number of methoxy groups -OCH3 is 1. The maximum atomic E-state index is 13.5. The lowest BCUT2D eigenvalue weighted by molar-refractivity contribution is -0.153. The van der Waals surface area contributed by atoms with E-state index in [4.69, 9.17) is 9.39 Å². The average molecular weight is 541 g/mol. The van der Waals surface area contributed by atoms with E-state index in [0.29, 0.717) is 12.1 Å². The minimum absolute atomic E-state index is 0.00666. The number of nitrogens with one attached hydrogen (secondary N) is 2. The Morgan fingerprint density at radius 1 is 1.23 bits per heavy atom. The number of rotatable bonds is 7. The number of pyridine rings is 1. The monoisotopic (exact) mass is 541 g/mol. The van der Waals surface area contributed by atoms with Crippen molar-refractivity contribution in [3.8, 4) is 11.6 Å². The number of aliphatic hydroxyl groups excluding tert-OH is 1. The fraction of sp³-hybridized carbons (Fsp3) is 0.375. The Morgan fingerprint density at radius 2 is 1.97 bits per heavy atom. The molecule has 1 aromatic heterocycles. The molecule has 2 aliphatic rings. The zero-order valence-electron chi connectivity index (χ0n) is 21.2. The molecule has 0 aliphatic carbocycles. The number of hydrogen-bond donors (Lipinski definition) is 5. The number of carboxylic acid groups (broad SMARTS) is 1. The minimum atomic E-state index is -1.73. The van der Waals surface area contributed by atoms with Crippen LogP contribution in [0.5, 0.6) is 11.6 Å². The summed E-state index contributed by atoms with van der Waals surface area (Å²) in [4.78, 5) is 57.1. The van der Waals surface area contributed by atoms with Crippen LogP contribution in [0, 0.1) is 0 Å². The van der Waals surface area contributed by atoms with Gasteiger partial charge in [-0.1, -0.05) is 18.2 Å². The topological polar surface area (TPSA) is 191 Å². The van der Waals surface area contributed by atoms with Crippen LogP contribution < -0.4 is 20.0 Å². The van der Waals surface area contributed by atoms with Crippen LogP contribution in [0.25, 0.3) is 0 Å². The van der Waals surface area contributed by atoms with Gasteiger partial charge in [-0.25, -0.2) is 14.6 Å². The Morgan fingerprint density at radius 3 is 2.67 bits per heavy atom. The Hall–Kier alpha value is -4.37. The van der Waals surface area contributed by atoms with Gasteiger partial charge in [0, 0.05) is 25.7 Å². The van der Waals surface area contributed by atoms with Crippen LogP contribution in [0.1, 0.15) is 34.6 Å². The molecule has 0 spiro atoms. The Bertz CT molecular complexity index is 1280. The van der Waals surface area contributed by atoms with Crippen LogP contribution in [0.4, 0.5) is 4.79 Å². The van der Waals surface area contributed by atoms with Gasteiger partial charge in [0.25, 0.3) is 5.91 Å². The number of carbonyl (C=O) groups is 4. The number of amides is 4. The number of para-hydroxylation sites is 1. The van der Waals surface area contributed by atoms with Crippen molar-refractivity contribution in [3.05, 3.63) is 53.2 Å². The van der Waals surface area contributed by atoms with Crippen molar-refractivity contribution in [2.24, 2.45) is 0 Å². The van der Waals surface area contributed by atoms with Crippen molar-refractivity contribution >= 4 is 30.9 Å². The number of likely N-dealkylation sites (N-methyl/N-ethyl adjacent to an activating group) is 1. The zero-order valence-corrected chi connectivity index (χ0v) is 21.2. The summed E-state index contributed by atoms with van der Waals surface area (Å²) < 4.78 is 10.6. The van der Waals surface area contributed by atoms with E-state index in [1.54, 1.807) is 25.1 Å². The predicted molar refractivity (Wildman–Crippen MR) is 135 cm³/mol. The fourth-order valence-corrected chi connectivity index (χ4v) is 4.45. The van der Waals surface area contributed by atoms with Gasteiger partial charge in [0.05, 0.1) is 24.3 Å². The number of nitrogens with zero attached hydrogens (tertiary/aromatic N) is 3. The molecule has 1 fully saturated rings. The molecule has 0 bridgehead atoms. The van der Waals surface area contributed by atoms with E-state index in [-0.39, 0.29) is 42.4 Å². The molecule has 206 valence electrons. The van der Waals surface area contributed by atoms with Gasteiger partial charge in [-0.3, -0.25) is 14.5 Å². The first-order valence-corrected chi connectivity index (χ1v) is 12.2. The van der Waals surface area contributed by atoms with Crippen molar-refractivity contribution in [3.63, 3.8) is 0 Å². The lowest BCUT2D eigenvalue weighted by Crippen LogP contribution is -2.62. The van der Waals surface area contributed by atoms with E-state index in [9.17, 15) is 34.4 Å². The van der Waals surface area contributed by atoms with Gasteiger partial charge in [-0.2, -0.15) is 0 Å². The third-order valence-corrected chi connectivity index (χ3v) is 6.54. The van der Waals surface area contributed by atoms with E-state index in [0.717, 1.165) is 4.90 Å². The van der Waals surface area contributed by atoms with Crippen molar-refractivity contribution < 1.29 is 43.8 Å². The largest absolute Gasteiger partial charge is 0.547 e. The van der Waals surface area contributed by atoms with Crippen molar-refractivity contribution in [2.45, 2.75) is 31.6 Å². The number of aromatic nitrogens is 1. The normalized spacial score (nSPS) is 19.5. The van der Waals surface area contributed by atoms with Gasteiger partial charge in [0.1, 0.15) is 5.75 Å². The molecule has 1 saturated heterocycles. The van der Waals surface area contributed by atoms with Crippen LogP contribution in [-0.4, -0.2) is 99.9 Å². The van der Waals surface area contributed by atoms with Crippen LogP contribution in [0.3, 0.4) is 0 Å². The van der Waals surface area contributed by atoms with Crippen LogP contribution in [-0.2, 0) is 16.0 Å². The smallest absolute Gasteiger partial charge is 0.534 e. The molecule has 2 aromatic rings. The maximum Gasteiger partial charge on any atom is 0.547 e. The summed E-state index contributed by atoms with van der Waals surface area (Å²) in [6, 6.07) is 6.76. The Labute approximate surface area is 223 Å². The number of carboxylic acids is 1. The molecular formula is C24H28BN5O9. The second kappa shape index (κ2) is 11.6. The average Bonchev–Trinajstić information content (AvgIpc) is 2.93. The van der Waals surface area contributed by atoms with Crippen molar-refractivity contribution in [1.82, 2.24) is 25.4 Å². The van der Waals surface area contributed by atoms with Gasteiger partial charge in [-0.15, -0.1) is 0 Å². The van der Waals surface area contributed by atoms with Gasteiger partial charge in [0.2, 0.25) is 18.0 Å². The Kier molecular flexibility index (Phi) is 8.21. The number of ether oxygens (including phenoxy) is 1. The highest BCUT2D eigenvalue weighted by Crippen LogP contribution is 2.30. The van der Waals surface area contributed by atoms with Crippen LogP contribution >= 0.6 is 0 Å². The lowest BCUT2D eigenvalue weighted by Gasteiger charge is -2.38. The highest BCUT2D eigenvalue weighted by Gasteiger charge is 2.41. The lowest BCUT2D eigenvalue weighted by atomic mass is 9.72. The molecule has 3 heterocycles. The SMILES string of the molecule is CCN1CCN(C(=O)NC(C(=O)N[C@H]2Cc3cccc(C(=O)O)c3OB2O)c2cccc(OC)n2)C(O)C1=O. The number of fused-ring (bicyclic) bond motifs is 1. The first-order chi connectivity index (χ1) is 18.6. The minimum Gasteiger partial charge on any atom is -0.534 e.